The molecule has 9 heteroatoms. The van der Waals surface area contributed by atoms with Crippen molar-refractivity contribution in [1.29, 1.82) is 10.5 Å². The average molecular weight is 483 g/mol. The highest BCUT2D eigenvalue weighted by molar-refractivity contribution is 8.00. The first-order valence-corrected chi connectivity index (χ1v) is 11.8. The molecule has 0 bridgehead atoms. The molecule has 1 fully saturated rings. The van der Waals surface area contributed by atoms with Crippen LogP contribution in [0.4, 0.5) is 8.78 Å². The number of rotatable bonds is 9. The van der Waals surface area contributed by atoms with Crippen molar-refractivity contribution in [1.82, 2.24) is 10.6 Å². The summed E-state index contributed by atoms with van der Waals surface area (Å²) in [5, 5.41) is 22.0. The number of thioether (sulfide) groups is 1. The first-order valence-electron chi connectivity index (χ1n) is 10.8. The van der Waals surface area contributed by atoms with Crippen LogP contribution in [0.1, 0.15) is 30.7 Å². The zero-order valence-electron chi connectivity index (χ0n) is 18.4. The summed E-state index contributed by atoms with van der Waals surface area (Å²) in [5.41, 5.74) is 2.57. The molecule has 1 aliphatic rings. The van der Waals surface area contributed by atoms with Crippen molar-refractivity contribution in [2.24, 2.45) is 5.92 Å². The van der Waals surface area contributed by atoms with Gasteiger partial charge in [0.1, 0.15) is 6.54 Å². The number of carbonyl (C=O) groups excluding carboxylic acids is 2. The van der Waals surface area contributed by atoms with E-state index in [1.54, 1.807) is 6.19 Å². The summed E-state index contributed by atoms with van der Waals surface area (Å²) in [5.74, 6) is -4.62. The number of hydrogen-bond donors (Lipinski definition) is 2. The Labute approximate surface area is 201 Å². The molecule has 1 saturated carbocycles. The molecule has 0 aromatic heterocycles. The number of nitrogens with zero attached hydrogens (tertiary/aromatic N) is 2. The number of benzene rings is 2. The quantitative estimate of drug-likeness (QED) is 0.240. The Hall–Kier alpha value is -3.43. The Morgan fingerprint density at radius 3 is 2.56 bits per heavy atom. The molecule has 1 aliphatic carbocycles. The molecule has 3 rings (SSSR count). The standard InChI is InChI=1S/C25H24F2N4O2S/c26-25(27)10-9-22(23(13-25)24(33)31-12-11-28)21-4-2-1-3-20(21)17-5-7-19(8-6-17)34-15-18(32)14-30-16-29/h1-8,22-23,30H,9-10,12-15H2,(H,31,33)/t22-,23+/m0/s1. The van der Waals surface area contributed by atoms with E-state index in [-0.39, 0.29) is 37.5 Å². The molecule has 0 spiro atoms. The van der Waals surface area contributed by atoms with E-state index < -0.39 is 30.1 Å². The van der Waals surface area contributed by atoms with E-state index in [0.29, 0.717) is 0 Å². The number of hydrogen-bond acceptors (Lipinski definition) is 6. The molecule has 2 atom stereocenters. The molecule has 1 amide bonds. The summed E-state index contributed by atoms with van der Waals surface area (Å²) in [6.07, 6.45) is 1.04. The minimum absolute atomic E-state index is 0.00148. The van der Waals surface area contributed by atoms with Gasteiger partial charge in [0, 0.05) is 17.7 Å². The molecule has 2 aromatic rings. The van der Waals surface area contributed by atoms with E-state index >= 15 is 0 Å². The highest BCUT2D eigenvalue weighted by atomic mass is 32.2. The van der Waals surface area contributed by atoms with Crippen LogP contribution in [0.15, 0.2) is 53.4 Å². The Bertz CT molecular complexity index is 1110. The number of amides is 1. The third-order valence-electron chi connectivity index (χ3n) is 5.79. The number of Topliss-reactive ketones (excluding diaryl/α,β-unsaturated/α-hetero) is 1. The van der Waals surface area contributed by atoms with Gasteiger partial charge in [-0.15, -0.1) is 11.8 Å². The first-order chi connectivity index (χ1) is 16.3. The van der Waals surface area contributed by atoms with Crippen molar-refractivity contribution in [3.05, 3.63) is 54.1 Å². The number of carbonyl (C=O) groups is 2. The van der Waals surface area contributed by atoms with Crippen LogP contribution in [0.25, 0.3) is 11.1 Å². The minimum Gasteiger partial charge on any atom is -0.343 e. The summed E-state index contributed by atoms with van der Waals surface area (Å²) >= 11 is 1.37. The number of halogens is 2. The van der Waals surface area contributed by atoms with Crippen LogP contribution in [-0.4, -0.2) is 36.5 Å². The van der Waals surface area contributed by atoms with Gasteiger partial charge in [0.25, 0.3) is 0 Å². The number of nitriles is 2. The molecule has 6 nitrogen and oxygen atoms in total. The third kappa shape index (κ3) is 6.55. The second-order valence-electron chi connectivity index (χ2n) is 8.09. The molecule has 34 heavy (non-hydrogen) atoms. The van der Waals surface area contributed by atoms with E-state index in [9.17, 15) is 18.4 Å². The smallest absolute Gasteiger partial charge is 0.249 e. The van der Waals surface area contributed by atoms with Crippen LogP contribution in [0, 0.1) is 28.7 Å². The monoisotopic (exact) mass is 482 g/mol. The summed E-state index contributed by atoms with van der Waals surface area (Å²) in [4.78, 5) is 25.3. The minimum atomic E-state index is -2.92. The van der Waals surface area contributed by atoms with Crippen molar-refractivity contribution in [3.8, 4) is 23.4 Å². The van der Waals surface area contributed by atoms with Gasteiger partial charge in [-0.05, 0) is 41.2 Å². The van der Waals surface area contributed by atoms with Gasteiger partial charge in [-0.2, -0.15) is 10.5 Å². The van der Waals surface area contributed by atoms with Crippen LogP contribution < -0.4 is 10.6 Å². The van der Waals surface area contributed by atoms with E-state index in [1.807, 2.05) is 54.6 Å². The SMILES string of the molecule is N#CCNC(=O)[C@@H]1CC(F)(F)CC[C@H]1c1ccccc1-c1ccc(SCC(=O)CNC#N)cc1. The highest BCUT2D eigenvalue weighted by Crippen LogP contribution is 2.47. The molecule has 0 saturated heterocycles. The van der Waals surface area contributed by atoms with Crippen molar-refractivity contribution < 1.29 is 18.4 Å². The van der Waals surface area contributed by atoms with E-state index in [0.717, 1.165) is 21.6 Å². The van der Waals surface area contributed by atoms with Crippen molar-refractivity contribution >= 4 is 23.5 Å². The maximum Gasteiger partial charge on any atom is 0.249 e. The second-order valence-corrected chi connectivity index (χ2v) is 9.14. The normalized spacial score (nSPS) is 18.8. The zero-order valence-corrected chi connectivity index (χ0v) is 19.2. The Kier molecular flexibility index (Phi) is 8.61. The fourth-order valence-corrected chi connectivity index (χ4v) is 4.96. The lowest BCUT2D eigenvalue weighted by Gasteiger charge is -2.36. The Morgan fingerprint density at radius 1 is 1.12 bits per heavy atom. The largest absolute Gasteiger partial charge is 0.343 e. The molecule has 0 radical (unpaired) electrons. The molecule has 2 N–H and O–H groups in total. The van der Waals surface area contributed by atoms with Gasteiger partial charge in [-0.3, -0.25) is 9.59 Å². The van der Waals surface area contributed by atoms with Crippen molar-refractivity contribution in [2.75, 3.05) is 18.8 Å². The molecule has 0 unspecified atom stereocenters. The van der Waals surface area contributed by atoms with Crippen LogP contribution in [-0.2, 0) is 9.59 Å². The fraction of sp³-hybridized carbons (Fsp3) is 0.360. The van der Waals surface area contributed by atoms with Crippen LogP contribution in [0.5, 0.6) is 0 Å². The van der Waals surface area contributed by atoms with E-state index in [4.69, 9.17) is 10.5 Å². The lowest BCUT2D eigenvalue weighted by molar-refractivity contribution is -0.133. The lowest BCUT2D eigenvalue weighted by Crippen LogP contribution is -2.41. The van der Waals surface area contributed by atoms with Crippen LogP contribution in [0.3, 0.4) is 0 Å². The average Bonchev–Trinajstić information content (AvgIpc) is 2.84. The van der Waals surface area contributed by atoms with Crippen LogP contribution in [0.2, 0.25) is 0 Å². The summed E-state index contributed by atoms with van der Waals surface area (Å²) in [6.45, 7) is -0.220. The Balaban J connectivity index is 1.82. The maximum atomic E-state index is 14.2. The van der Waals surface area contributed by atoms with Gasteiger partial charge < -0.3 is 10.6 Å². The predicted molar refractivity (Wildman–Crippen MR) is 125 cm³/mol. The van der Waals surface area contributed by atoms with Crippen molar-refractivity contribution in [2.45, 2.75) is 36.0 Å². The summed E-state index contributed by atoms with van der Waals surface area (Å²) < 4.78 is 28.4. The Morgan fingerprint density at radius 2 is 1.85 bits per heavy atom. The van der Waals surface area contributed by atoms with Crippen LogP contribution >= 0.6 is 11.8 Å². The second kappa shape index (κ2) is 11.6. The highest BCUT2D eigenvalue weighted by Gasteiger charge is 2.45. The summed E-state index contributed by atoms with van der Waals surface area (Å²) in [7, 11) is 0. The molecule has 0 aliphatic heterocycles. The van der Waals surface area contributed by atoms with Gasteiger partial charge >= 0.3 is 0 Å². The molecule has 0 heterocycles. The number of alkyl halides is 2. The molecule has 2 aromatic carbocycles. The van der Waals surface area contributed by atoms with Gasteiger partial charge in [0.2, 0.25) is 11.8 Å². The van der Waals surface area contributed by atoms with Gasteiger partial charge in [-0.1, -0.05) is 36.4 Å². The fourth-order valence-electron chi connectivity index (χ4n) is 4.21. The van der Waals surface area contributed by atoms with E-state index in [2.05, 4.69) is 10.6 Å². The van der Waals surface area contributed by atoms with E-state index in [1.165, 1.54) is 11.8 Å². The van der Waals surface area contributed by atoms with Gasteiger partial charge in [-0.25, -0.2) is 8.78 Å². The van der Waals surface area contributed by atoms with Gasteiger partial charge in [0.05, 0.1) is 24.3 Å². The predicted octanol–water partition coefficient (Wildman–Crippen LogP) is 4.24. The maximum absolute atomic E-state index is 14.2. The summed E-state index contributed by atoms with van der Waals surface area (Å²) in [6, 6.07) is 16.9. The number of nitrogens with one attached hydrogen (secondary N) is 2. The molecular weight excluding hydrogens is 458 g/mol. The first kappa shape index (κ1) is 25.2. The topological polar surface area (TPSA) is 106 Å². The third-order valence-corrected chi connectivity index (χ3v) is 6.87. The van der Waals surface area contributed by atoms with Crippen molar-refractivity contribution in [3.63, 3.8) is 0 Å². The lowest BCUT2D eigenvalue weighted by atomic mass is 9.72. The zero-order chi connectivity index (χ0) is 24.6. The number of ketones is 1. The molecule has 176 valence electrons. The van der Waals surface area contributed by atoms with Gasteiger partial charge in [0.15, 0.2) is 12.0 Å². The molecular formula is C25H24F2N4O2S.